The molecule has 18 heavy (non-hydrogen) atoms. The number of anilines is 1. The minimum atomic E-state index is 0.542. The molecule has 1 saturated carbocycles. The van der Waals surface area contributed by atoms with Crippen LogP contribution < -0.4 is 5.32 Å². The topological polar surface area (TPSA) is 24.9 Å². The molecule has 1 aliphatic carbocycles. The summed E-state index contributed by atoms with van der Waals surface area (Å²) in [6.45, 7) is 6.69. The van der Waals surface area contributed by atoms with Crippen LogP contribution in [-0.4, -0.2) is 11.0 Å². The maximum absolute atomic E-state index is 6.17. The highest BCUT2D eigenvalue weighted by molar-refractivity contribution is 6.31. The third kappa shape index (κ3) is 3.17. The Morgan fingerprint density at radius 1 is 1.33 bits per heavy atom. The van der Waals surface area contributed by atoms with Gasteiger partial charge in [0.05, 0.1) is 5.69 Å². The summed E-state index contributed by atoms with van der Waals surface area (Å²) in [5, 5.41) is 4.22. The number of nitrogens with one attached hydrogen (secondary N) is 1. The number of pyridine rings is 1. The molecule has 0 saturated heterocycles. The molecular weight excluding hydrogens is 244 g/mol. The van der Waals surface area contributed by atoms with E-state index in [-0.39, 0.29) is 0 Å². The molecule has 1 aliphatic rings. The molecule has 0 bridgehead atoms. The van der Waals surface area contributed by atoms with Crippen LogP contribution in [0.4, 0.5) is 5.69 Å². The van der Waals surface area contributed by atoms with E-state index < -0.39 is 0 Å². The van der Waals surface area contributed by atoms with Crippen molar-refractivity contribution in [2.24, 2.45) is 11.8 Å². The van der Waals surface area contributed by atoms with Crippen molar-refractivity contribution in [1.29, 1.82) is 0 Å². The van der Waals surface area contributed by atoms with Crippen molar-refractivity contribution < 1.29 is 0 Å². The van der Waals surface area contributed by atoms with E-state index in [2.05, 4.69) is 37.1 Å². The lowest BCUT2D eigenvalue weighted by Gasteiger charge is -2.35. The van der Waals surface area contributed by atoms with E-state index in [1.165, 1.54) is 25.7 Å². The molecule has 1 fully saturated rings. The Bertz CT molecular complexity index is 403. The second kappa shape index (κ2) is 5.92. The molecule has 100 valence electrons. The lowest BCUT2D eigenvalue weighted by molar-refractivity contribution is 0.254. The number of hydrogen-bond acceptors (Lipinski definition) is 2. The van der Waals surface area contributed by atoms with E-state index in [0.717, 1.165) is 23.1 Å². The summed E-state index contributed by atoms with van der Waals surface area (Å²) in [6, 6.07) is 2.64. The van der Waals surface area contributed by atoms with Crippen LogP contribution in [0.3, 0.4) is 0 Å². The van der Waals surface area contributed by atoms with Gasteiger partial charge in [-0.05, 0) is 43.2 Å². The Balaban J connectivity index is 2.13. The molecule has 0 aromatic carbocycles. The molecule has 2 unspecified atom stereocenters. The third-order valence-corrected chi connectivity index (χ3v) is 4.29. The highest BCUT2D eigenvalue weighted by Crippen LogP contribution is 2.33. The van der Waals surface area contributed by atoms with Gasteiger partial charge in [0.15, 0.2) is 5.15 Å². The van der Waals surface area contributed by atoms with Crippen LogP contribution in [0.5, 0.6) is 0 Å². The first-order valence-corrected chi connectivity index (χ1v) is 7.34. The number of halogens is 1. The van der Waals surface area contributed by atoms with Crippen LogP contribution in [0.25, 0.3) is 0 Å². The van der Waals surface area contributed by atoms with Crippen molar-refractivity contribution in [3.8, 4) is 0 Å². The molecule has 1 aromatic rings. The Morgan fingerprint density at radius 2 is 2.06 bits per heavy atom. The molecule has 0 amide bonds. The standard InChI is InChI=1S/C15H23ClN2/c1-10(2)12-6-4-5-7-13(12)18-14-8-11(3)9-17-15(14)16/h8-10,12-13,18H,4-7H2,1-3H3. The van der Waals surface area contributed by atoms with Crippen molar-refractivity contribution in [3.05, 3.63) is 23.0 Å². The summed E-state index contributed by atoms with van der Waals surface area (Å²) in [5.74, 6) is 1.47. The summed E-state index contributed by atoms with van der Waals surface area (Å²) < 4.78 is 0. The van der Waals surface area contributed by atoms with Crippen molar-refractivity contribution >= 4 is 17.3 Å². The first-order valence-electron chi connectivity index (χ1n) is 6.96. The first-order chi connectivity index (χ1) is 8.58. The monoisotopic (exact) mass is 266 g/mol. The maximum atomic E-state index is 6.17. The summed E-state index contributed by atoms with van der Waals surface area (Å²) in [5.41, 5.74) is 2.15. The zero-order valence-electron chi connectivity index (χ0n) is 11.5. The van der Waals surface area contributed by atoms with E-state index >= 15 is 0 Å². The largest absolute Gasteiger partial charge is 0.380 e. The van der Waals surface area contributed by atoms with Gasteiger partial charge in [-0.2, -0.15) is 0 Å². The predicted molar refractivity (Wildman–Crippen MR) is 78.2 cm³/mol. The SMILES string of the molecule is Cc1cnc(Cl)c(NC2CCCCC2C(C)C)c1. The Labute approximate surface area is 115 Å². The summed E-state index contributed by atoms with van der Waals surface area (Å²) in [7, 11) is 0. The van der Waals surface area contributed by atoms with Gasteiger partial charge in [-0.15, -0.1) is 0 Å². The Morgan fingerprint density at radius 3 is 2.78 bits per heavy atom. The Kier molecular flexibility index (Phi) is 4.50. The summed E-state index contributed by atoms with van der Waals surface area (Å²) >= 11 is 6.17. The van der Waals surface area contributed by atoms with Gasteiger partial charge < -0.3 is 5.32 Å². The lowest BCUT2D eigenvalue weighted by Crippen LogP contribution is -2.35. The number of aromatic nitrogens is 1. The zero-order valence-corrected chi connectivity index (χ0v) is 12.3. The molecule has 1 aromatic heterocycles. The summed E-state index contributed by atoms with van der Waals surface area (Å²) in [4.78, 5) is 4.22. The molecule has 0 radical (unpaired) electrons. The van der Waals surface area contributed by atoms with Crippen LogP contribution in [0, 0.1) is 18.8 Å². The highest BCUT2D eigenvalue weighted by atomic mass is 35.5. The van der Waals surface area contributed by atoms with Gasteiger partial charge in [-0.1, -0.05) is 38.3 Å². The average Bonchev–Trinajstić information content (AvgIpc) is 2.34. The van der Waals surface area contributed by atoms with Crippen molar-refractivity contribution in [3.63, 3.8) is 0 Å². The maximum Gasteiger partial charge on any atom is 0.152 e. The lowest BCUT2D eigenvalue weighted by atomic mass is 9.78. The van der Waals surface area contributed by atoms with E-state index in [1.807, 2.05) is 6.20 Å². The van der Waals surface area contributed by atoms with Crippen molar-refractivity contribution in [1.82, 2.24) is 4.98 Å². The fraction of sp³-hybridized carbons (Fsp3) is 0.667. The number of rotatable bonds is 3. The van der Waals surface area contributed by atoms with Crippen molar-refractivity contribution in [2.75, 3.05) is 5.32 Å². The molecule has 3 heteroatoms. The minimum absolute atomic E-state index is 0.542. The average molecular weight is 267 g/mol. The Hall–Kier alpha value is -0.760. The molecule has 0 aliphatic heterocycles. The second-order valence-electron chi connectivity index (χ2n) is 5.79. The van der Waals surface area contributed by atoms with Crippen LogP contribution in [-0.2, 0) is 0 Å². The van der Waals surface area contributed by atoms with Crippen LogP contribution in [0.1, 0.15) is 45.1 Å². The van der Waals surface area contributed by atoms with E-state index in [1.54, 1.807) is 0 Å². The zero-order chi connectivity index (χ0) is 13.1. The fourth-order valence-corrected chi connectivity index (χ4v) is 3.15. The first kappa shape index (κ1) is 13.7. The van der Waals surface area contributed by atoms with Gasteiger partial charge in [-0.25, -0.2) is 4.98 Å². The van der Waals surface area contributed by atoms with E-state index in [9.17, 15) is 0 Å². The van der Waals surface area contributed by atoms with Gasteiger partial charge in [0, 0.05) is 12.2 Å². The molecular formula is C15H23ClN2. The number of nitrogens with zero attached hydrogens (tertiary/aromatic N) is 1. The van der Waals surface area contributed by atoms with Gasteiger partial charge in [0.25, 0.3) is 0 Å². The molecule has 2 nitrogen and oxygen atoms in total. The van der Waals surface area contributed by atoms with Crippen LogP contribution in [0.15, 0.2) is 12.3 Å². The summed E-state index contributed by atoms with van der Waals surface area (Å²) in [6.07, 6.45) is 7.06. The molecule has 0 spiro atoms. The van der Waals surface area contributed by atoms with Gasteiger partial charge in [0.1, 0.15) is 0 Å². The fourth-order valence-electron chi connectivity index (χ4n) is 2.99. The van der Waals surface area contributed by atoms with Gasteiger partial charge >= 0.3 is 0 Å². The van der Waals surface area contributed by atoms with Gasteiger partial charge in [-0.3, -0.25) is 0 Å². The molecule has 2 atom stereocenters. The second-order valence-corrected chi connectivity index (χ2v) is 6.15. The predicted octanol–water partition coefficient (Wildman–Crippen LogP) is 4.67. The molecule has 2 rings (SSSR count). The molecule has 1 heterocycles. The van der Waals surface area contributed by atoms with E-state index in [4.69, 9.17) is 11.6 Å². The smallest absolute Gasteiger partial charge is 0.152 e. The van der Waals surface area contributed by atoms with Gasteiger partial charge in [0.2, 0.25) is 0 Å². The van der Waals surface area contributed by atoms with Crippen LogP contribution >= 0.6 is 11.6 Å². The third-order valence-electron chi connectivity index (χ3n) is 3.99. The normalized spacial score (nSPS) is 24.3. The van der Waals surface area contributed by atoms with Crippen LogP contribution in [0.2, 0.25) is 5.15 Å². The quantitative estimate of drug-likeness (QED) is 0.804. The number of aryl methyl sites for hydroxylation is 1. The van der Waals surface area contributed by atoms with E-state index in [0.29, 0.717) is 11.2 Å². The van der Waals surface area contributed by atoms with Crippen molar-refractivity contribution in [2.45, 2.75) is 52.5 Å². The highest BCUT2D eigenvalue weighted by Gasteiger charge is 2.27. The minimum Gasteiger partial charge on any atom is -0.380 e. The molecule has 1 N–H and O–H groups in total. The number of hydrogen-bond donors (Lipinski definition) is 1.